The maximum Gasteiger partial charge on any atom is 0.341 e. The fourth-order valence-electron chi connectivity index (χ4n) is 2.87. The van der Waals surface area contributed by atoms with Crippen molar-refractivity contribution >= 4 is 39.8 Å². The Morgan fingerprint density at radius 3 is 2.67 bits per heavy atom. The van der Waals surface area contributed by atoms with Crippen molar-refractivity contribution in [2.24, 2.45) is 5.92 Å². The number of rotatable bonds is 4. The van der Waals surface area contributed by atoms with Crippen molar-refractivity contribution < 1.29 is 14.3 Å². The molecule has 0 aliphatic heterocycles. The second kappa shape index (κ2) is 6.57. The van der Waals surface area contributed by atoms with E-state index in [2.05, 4.69) is 5.32 Å². The molecular formula is C18H18ClNO3S. The van der Waals surface area contributed by atoms with Gasteiger partial charge in [0.05, 0.1) is 12.7 Å². The first kappa shape index (κ1) is 17.0. The van der Waals surface area contributed by atoms with Gasteiger partial charge in [0, 0.05) is 15.8 Å². The molecule has 2 unspecified atom stereocenters. The van der Waals surface area contributed by atoms with E-state index in [0.717, 1.165) is 22.4 Å². The highest BCUT2D eigenvalue weighted by Crippen LogP contribution is 2.50. The minimum Gasteiger partial charge on any atom is -0.465 e. The molecule has 1 aliphatic carbocycles. The Morgan fingerprint density at radius 1 is 1.29 bits per heavy atom. The van der Waals surface area contributed by atoms with E-state index in [1.807, 2.05) is 38.1 Å². The smallest absolute Gasteiger partial charge is 0.341 e. The van der Waals surface area contributed by atoms with Crippen molar-refractivity contribution in [2.45, 2.75) is 26.2 Å². The van der Waals surface area contributed by atoms with Crippen LogP contribution in [0, 0.1) is 19.8 Å². The lowest BCUT2D eigenvalue weighted by atomic mass is 10.1. The zero-order chi connectivity index (χ0) is 17.4. The van der Waals surface area contributed by atoms with E-state index in [0.29, 0.717) is 15.6 Å². The SMILES string of the molecule is COC(=O)c1c(NC(=O)C2CC2c2ccccc2Cl)sc(C)c1C. The Hall–Kier alpha value is -1.85. The summed E-state index contributed by atoms with van der Waals surface area (Å²) in [6.07, 6.45) is 0.770. The lowest BCUT2D eigenvalue weighted by Gasteiger charge is -2.07. The van der Waals surface area contributed by atoms with E-state index < -0.39 is 5.97 Å². The number of amides is 1. The largest absolute Gasteiger partial charge is 0.465 e. The first-order chi connectivity index (χ1) is 11.4. The summed E-state index contributed by atoms with van der Waals surface area (Å²) < 4.78 is 4.83. The number of nitrogens with one attached hydrogen (secondary N) is 1. The number of benzene rings is 1. The number of hydrogen-bond donors (Lipinski definition) is 1. The van der Waals surface area contributed by atoms with Crippen LogP contribution in [-0.2, 0) is 9.53 Å². The van der Waals surface area contributed by atoms with Crippen LogP contribution in [0.2, 0.25) is 5.02 Å². The molecule has 6 heteroatoms. The highest BCUT2D eigenvalue weighted by molar-refractivity contribution is 7.16. The van der Waals surface area contributed by atoms with E-state index in [1.165, 1.54) is 18.4 Å². The molecular weight excluding hydrogens is 346 g/mol. The maximum atomic E-state index is 12.6. The molecule has 126 valence electrons. The Balaban J connectivity index is 1.77. The quantitative estimate of drug-likeness (QED) is 0.811. The van der Waals surface area contributed by atoms with Gasteiger partial charge < -0.3 is 10.1 Å². The molecule has 3 rings (SSSR count). The van der Waals surface area contributed by atoms with Gasteiger partial charge in [0.25, 0.3) is 0 Å². The molecule has 1 saturated carbocycles. The molecule has 1 heterocycles. The summed E-state index contributed by atoms with van der Waals surface area (Å²) in [6.45, 7) is 3.78. The standard InChI is InChI=1S/C18H18ClNO3S/c1-9-10(2)24-17(15(9)18(22)23-3)20-16(21)13-8-12(13)11-6-4-5-7-14(11)19/h4-7,12-13H,8H2,1-3H3,(H,20,21). The maximum absolute atomic E-state index is 12.6. The normalized spacial score (nSPS) is 19.0. The fourth-order valence-corrected chi connectivity index (χ4v) is 4.20. The summed E-state index contributed by atoms with van der Waals surface area (Å²) in [6, 6.07) is 7.60. The summed E-state index contributed by atoms with van der Waals surface area (Å²) in [5.74, 6) is -0.475. The number of halogens is 1. The van der Waals surface area contributed by atoms with E-state index in [9.17, 15) is 9.59 Å². The fraction of sp³-hybridized carbons (Fsp3) is 0.333. The molecule has 0 bridgehead atoms. The van der Waals surface area contributed by atoms with Crippen molar-refractivity contribution in [3.05, 3.63) is 50.9 Å². The van der Waals surface area contributed by atoms with Gasteiger partial charge in [-0.15, -0.1) is 11.3 Å². The van der Waals surface area contributed by atoms with Gasteiger partial charge in [0.1, 0.15) is 5.00 Å². The lowest BCUT2D eigenvalue weighted by Crippen LogP contribution is -2.16. The second-order valence-electron chi connectivity index (χ2n) is 5.94. The number of hydrogen-bond acceptors (Lipinski definition) is 4. The molecule has 1 amide bonds. The Labute approximate surface area is 149 Å². The third kappa shape index (κ3) is 3.06. The molecule has 1 aromatic heterocycles. The molecule has 0 spiro atoms. The van der Waals surface area contributed by atoms with Gasteiger partial charge in [-0.3, -0.25) is 4.79 Å². The summed E-state index contributed by atoms with van der Waals surface area (Å²) in [5, 5.41) is 4.16. The third-order valence-electron chi connectivity index (χ3n) is 4.44. The molecule has 4 nitrogen and oxygen atoms in total. The van der Waals surface area contributed by atoms with Gasteiger partial charge in [0.15, 0.2) is 0 Å². The second-order valence-corrected chi connectivity index (χ2v) is 7.57. The molecule has 1 fully saturated rings. The highest BCUT2D eigenvalue weighted by Gasteiger charge is 2.45. The van der Waals surface area contributed by atoms with Crippen molar-refractivity contribution in [1.82, 2.24) is 0 Å². The van der Waals surface area contributed by atoms with Crippen molar-refractivity contribution in [3.8, 4) is 0 Å². The molecule has 0 radical (unpaired) electrons. The third-order valence-corrected chi connectivity index (χ3v) is 5.91. The van der Waals surface area contributed by atoms with Crippen LogP contribution in [0.5, 0.6) is 0 Å². The number of methoxy groups -OCH3 is 1. The van der Waals surface area contributed by atoms with Crippen molar-refractivity contribution in [3.63, 3.8) is 0 Å². The number of carbonyl (C=O) groups is 2. The van der Waals surface area contributed by atoms with Gasteiger partial charge >= 0.3 is 5.97 Å². The topological polar surface area (TPSA) is 55.4 Å². The van der Waals surface area contributed by atoms with E-state index >= 15 is 0 Å². The van der Waals surface area contributed by atoms with Crippen molar-refractivity contribution in [1.29, 1.82) is 0 Å². The van der Waals surface area contributed by atoms with Crippen molar-refractivity contribution in [2.75, 3.05) is 12.4 Å². The average Bonchev–Trinajstić information content (AvgIpc) is 3.30. The number of carbonyl (C=O) groups excluding carboxylic acids is 2. The Kier molecular flexibility index (Phi) is 4.65. The summed E-state index contributed by atoms with van der Waals surface area (Å²) in [5.41, 5.74) is 2.30. The average molecular weight is 364 g/mol. The molecule has 24 heavy (non-hydrogen) atoms. The number of anilines is 1. The zero-order valence-corrected chi connectivity index (χ0v) is 15.3. The van der Waals surface area contributed by atoms with Crippen LogP contribution in [0.4, 0.5) is 5.00 Å². The minimum absolute atomic E-state index is 0.0775. The molecule has 1 aromatic carbocycles. The van der Waals surface area contributed by atoms with E-state index in [1.54, 1.807) is 0 Å². The molecule has 1 N–H and O–H groups in total. The van der Waals surface area contributed by atoms with Gasteiger partial charge in [0.2, 0.25) is 5.91 Å². The van der Waals surface area contributed by atoms with Gasteiger partial charge in [-0.1, -0.05) is 29.8 Å². The van der Waals surface area contributed by atoms with Crippen LogP contribution in [0.25, 0.3) is 0 Å². The predicted octanol–water partition coefficient (Wildman–Crippen LogP) is 4.55. The number of thiophene rings is 1. The van der Waals surface area contributed by atoms with Crippen LogP contribution < -0.4 is 5.32 Å². The first-order valence-corrected chi connectivity index (χ1v) is 8.87. The first-order valence-electron chi connectivity index (χ1n) is 7.67. The number of ether oxygens (including phenoxy) is 1. The Bertz CT molecular complexity index is 815. The van der Waals surface area contributed by atoms with E-state index in [-0.39, 0.29) is 17.7 Å². The monoisotopic (exact) mass is 363 g/mol. The van der Waals surface area contributed by atoms with Crippen LogP contribution in [0.3, 0.4) is 0 Å². The summed E-state index contributed by atoms with van der Waals surface area (Å²) >= 11 is 7.61. The summed E-state index contributed by atoms with van der Waals surface area (Å²) in [7, 11) is 1.34. The summed E-state index contributed by atoms with van der Waals surface area (Å²) in [4.78, 5) is 25.5. The molecule has 2 aromatic rings. The molecule has 1 aliphatic rings. The molecule has 0 saturated heterocycles. The molecule has 2 atom stereocenters. The Morgan fingerprint density at radius 2 is 2.00 bits per heavy atom. The van der Waals surface area contributed by atoms with Gasteiger partial charge in [-0.2, -0.15) is 0 Å². The number of esters is 1. The predicted molar refractivity (Wildman–Crippen MR) is 96.1 cm³/mol. The number of aryl methyl sites for hydroxylation is 1. The van der Waals surface area contributed by atoms with E-state index in [4.69, 9.17) is 16.3 Å². The van der Waals surface area contributed by atoms with Crippen LogP contribution in [0.1, 0.15) is 38.7 Å². The van der Waals surface area contributed by atoms with Crippen LogP contribution >= 0.6 is 22.9 Å². The van der Waals surface area contributed by atoms with Gasteiger partial charge in [-0.25, -0.2) is 4.79 Å². The minimum atomic E-state index is -0.425. The van der Waals surface area contributed by atoms with Crippen LogP contribution in [-0.4, -0.2) is 19.0 Å². The highest BCUT2D eigenvalue weighted by atomic mass is 35.5. The lowest BCUT2D eigenvalue weighted by molar-refractivity contribution is -0.117. The van der Waals surface area contributed by atoms with Crippen LogP contribution in [0.15, 0.2) is 24.3 Å². The van der Waals surface area contributed by atoms with Gasteiger partial charge in [-0.05, 0) is 43.4 Å². The zero-order valence-electron chi connectivity index (χ0n) is 13.7.